The summed E-state index contributed by atoms with van der Waals surface area (Å²) < 4.78 is 2.04. The van der Waals surface area contributed by atoms with E-state index in [9.17, 15) is 10.1 Å². The summed E-state index contributed by atoms with van der Waals surface area (Å²) in [6.45, 7) is 4.00. The van der Waals surface area contributed by atoms with E-state index in [0.29, 0.717) is 0 Å². The number of benzene rings is 2. The lowest BCUT2D eigenvalue weighted by Gasteiger charge is -2.05. The Morgan fingerprint density at radius 1 is 0.846 bits per heavy atom. The Morgan fingerprint density at radius 3 is 2.04 bits per heavy atom. The molecule has 0 spiro atoms. The molecule has 2 aromatic heterocycles. The molecule has 5 nitrogen and oxygen atoms in total. The summed E-state index contributed by atoms with van der Waals surface area (Å²) in [7, 11) is 0. The molecule has 0 fully saturated rings. The number of nitro groups is 1. The molecule has 0 N–H and O–H groups in total. The minimum absolute atomic E-state index is 0.0965. The second-order valence-corrected chi connectivity index (χ2v) is 5.46. The van der Waals surface area contributed by atoms with Crippen molar-refractivity contribution >= 4 is 11.2 Å². The molecule has 0 saturated heterocycles. The quantitative estimate of drug-likeness (QED) is 0.358. The molecule has 0 radical (unpaired) electrons. The predicted molar refractivity (Wildman–Crippen MR) is 104 cm³/mol. The number of hydrogen-bond donors (Lipinski definition) is 0. The molecular weight excluding hydrogens is 326 g/mol. The van der Waals surface area contributed by atoms with Crippen LogP contribution in [0.1, 0.15) is 13.8 Å². The lowest BCUT2D eigenvalue weighted by Crippen LogP contribution is -1.89. The first-order valence-electron chi connectivity index (χ1n) is 8.50. The molecule has 26 heavy (non-hydrogen) atoms. The fourth-order valence-corrected chi connectivity index (χ4v) is 2.74. The van der Waals surface area contributed by atoms with Crippen LogP contribution in [0.2, 0.25) is 0 Å². The lowest BCUT2D eigenvalue weighted by molar-refractivity contribution is -0.384. The summed E-state index contributed by atoms with van der Waals surface area (Å²) in [5.41, 5.74) is 4.12. The first-order chi connectivity index (χ1) is 12.7. The number of nitrogens with zero attached hydrogens (tertiary/aromatic N) is 3. The molecule has 0 bridgehead atoms. The fourth-order valence-electron chi connectivity index (χ4n) is 2.74. The summed E-state index contributed by atoms with van der Waals surface area (Å²) in [4.78, 5) is 14.8. The maximum absolute atomic E-state index is 10.7. The van der Waals surface area contributed by atoms with Gasteiger partial charge in [0.25, 0.3) is 5.69 Å². The molecule has 4 rings (SSSR count). The van der Waals surface area contributed by atoms with Crippen molar-refractivity contribution in [3.8, 4) is 22.5 Å². The number of nitro benzene ring substituents is 1. The van der Waals surface area contributed by atoms with Crippen molar-refractivity contribution in [1.82, 2.24) is 9.38 Å². The lowest BCUT2D eigenvalue weighted by atomic mass is 10.0. The standard InChI is InChI=1S/C19H13N3O2.C2H6/c23-22(24)17-10-8-15(9-11-17)14-4-6-16(7-5-14)19-20-13-18-3-1-2-12-21(18)19;1-2/h1-13H;1-2H3. The van der Waals surface area contributed by atoms with Crippen LogP contribution in [-0.4, -0.2) is 14.3 Å². The summed E-state index contributed by atoms with van der Waals surface area (Å²) in [6.07, 6.45) is 3.83. The van der Waals surface area contributed by atoms with Crippen LogP contribution in [0.3, 0.4) is 0 Å². The zero-order valence-corrected chi connectivity index (χ0v) is 14.7. The number of hydrogen-bond acceptors (Lipinski definition) is 3. The Hall–Kier alpha value is -3.47. The van der Waals surface area contributed by atoms with Crippen LogP contribution in [0.15, 0.2) is 79.1 Å². The number of pyridine rings is 1. The molecule has 0 aliphatic carbocycles. The van der Waals surface area contributed by atoms with E-state index in [4.69, 9.17) is 0 Å². The van der Waals surface area contributed by atoms with Crippen LogP contribution in [0.25, 0.3) is 28.0 Å². The van der Waals surface area contributed by atoms with Crippen molar-refractivity contribution < 1.29 is 4.92 Å². The van der Waals surface area contributed by atoms with E-state index in [1.807, 2.05) is 73.1 Å². The average molecular weight is 345 g/mol. The molecule has 0 aliphatic heterocycles. The van der Waals surface area contributed by atoms with Crippen molar-refractivity contribution in [1.29, 1.82) is 0 Å². The van der Waals surface area contributed by atoms with Crippen LogP contribution in [0.4, 0.5) is 5.69 Å². The molecule has 2 heterocycles. The van der Waals surface area contributed by atoms with Gasteiger partial charge in [0.05, 0.1) is 16.6 Å². The van der Waals surface area contributed by atoms with Crippen molar-refractivity contribution in [2.45, 2.75) is 13.8 Å². The normalized spacial score (nSPS) is 10.2. The van der Waals surface area contributed by atoms with Crippen LogP contribution < -0.4 is 0 Å². The second kappa shape index (κ2) is 7.61. The molecule has 130 valence electrons. The van der Waals surface area contributed by atoms with Gasteiger partial charge in [0.2, 0.25) is 0 Å². The van der Waals surface area contributed by atoms with Crippen molar-refractivity contribution in [3.05, 3.63) is 89.2 Å². The van der Waals surface area contributed by atoms with Gasteiger partial charge in [0.15, 0.2) is 0 Å². The Kier molecular flexibility index (Phi) is 5.08. The van der Waals surface area contributed by atoms with Crippen LogP contribution in [0.5, 0.6) is 0 Å². The van der Waals surface area contributed by atoms with E-state index in [-0.39, 0.29) is 5.69 Å². The van der Waals surface area contributed by atoms with Crippen LogP contribution in [0, 0.1) is 10.1 Å². The maximum atomic E-state index is 10.7. The van der Waals surface area contributed by atoms with Gasteiger partial charge in [-0.15, -0.1) is 0 Å². The molecule has 2 aromatic carbocycles. The van der Waals surface area contributed by atoms with Gasteiger partial charge in [-0.05, 0) is 35.4 Å². The minimum atomic E-state index is -0.393. The highest BCUT2D eigenvalue weighted by Crippen LogP contribution is 2.26. The van der Waals surface area contributed by atoms with E-state index in [2.05, 4.69) is 4.98 Å². The molecule has 0 unspecified atom stereocenters. The Labute approximate surface area is 151 Å². The zero-order valence-electron chi connectivity index (χ0n) is 14.7. The van der Waals surface area contributed by atoms with E-state index in [0.717, 1.165) is 28.0 Å². The highest BCUT2D eigenvalue weighted by atomic mass is 16.6. The van der Waals surface area contributed by atoms with Crippen LogP contribution in [-0.2, 0) is 0 Å². The number of rotatable bonds is 3. The van der Waals surface area contributed by atoms with Gasteiger partial charge in [-0.1, -0.05) is 44.2 Å². The molecule has 0 amide bonds. The third-order valence-corrected chi connectivity index (χ3v) is 3.99. The fraction of sp³-hybridized carbons (Fsp3) is 0.0952. The molecular formula is C21H19N3O2. The number of fused-ring (bicyclic) bond motifs is 1. The highest BCUT2D eigenvalue weighted by Gasteiger charge is 2.08. The van der Waals surface area contributed by atoms with E-state index >= 15 is 0 Å². The average Bonchev–Trinajstić information content (AvgIpc) is 3.14. The second-order valence-electron chi connectivity index (χ2n) is 5.46. The van der Waals surface area contributed by atoms with Gasteiger partial charge in [0, 0.05) is 23.9 Å². The van der Waals surface area contributed by atoms with Gasteiger partial charge < -0.3 is 0 Å². The number of aromatic nitrogens is 2. The smallest absolute Gasteiger partial charge is 0.269 e. The summed E-state index contributed by atoms with van der Waals surface area (Å²) in [6, 6.07) is 20.6. The third-order valence-electron chi connectivity index (χ3n) is 3.99. The molecule has 0 aliphatic rings. The van der Waals surface area contributed by atoms with Crippen LogP contribution >= 0.6 is 0 Å². The topological polar surface area (TPSA) is 60.4 Å². The van der Waals surface area contributed by atoms with E-state index in [1.54, 1.807) is 12.1 Å². The van der Waals surface area contributed by atoms with Gasteiger partial charge >= 0.3 is 0 Å². The monoisotopic (exact) mass is 345 g/mol. The third kappa shape index (κ3) is 3.32. The molecule has 4 aromatic rings. The first-order valence-corrected chi connectivity index (χ1v) is 8.50. The first kappa shape index (κ1) is 17.4. The van der Waals surface area contributed by atoms with Crippen molar-refractivity contribution in [3.63, 3.8) is 0 Å². The van der Waals surface area contributed by atoms with Gasteiger partial charge in [-0.3, -0.25) is 14.5 Å². The van der Waals surface area contributed by atoms with Gasteiger partial charge in [0.1, 0.15) is 5.82 Å². The van der Waals surface area contributed by atoms with Gasteiger partial charge in [-0.25, -0.2) is 4.98 Å². The summed E-state index contributed by atoms with van der Waals surface area (Å²) >= 11 is 0. The summed E-state index contributed by atoms with van der Waals surface area (Å²) in [5, 5.41) is 10.7. The predicted octanol–water partition coefficient (Wildman–Crippen LogP) is 5.60. The number of imidazole rings is 1. The van der Waals surface area contributed by atoms with E-state index in [1.165, 1.54) is 12.1 Å². The Balaban J connectivity index is 0.000000948. The Morgan fingerprint density at radius 2 is 1.42 bits per heavy atom. The summed E-state index contributed by atoms with van der Waals surface area (Å²) in [5.74, 6) is 0.890. The van der Waals surface area contributed by atoms with Gasteiger partial charge in [-0.2, -0.15) is 0 Å². The minimum Gasteiger partial charge on any atom is -0.300 e. The highest BCUT2D eigenvalue weighted by molar-refractivity contribution is 5.70. The van der Waals surface area contributed by atoms with E-state index < -0.39 is 4.92 Å². The largest absolute Gasteiger partial charge is 0.300 e. The Bertz CT molecular complexity index is 1020. The van der Waals surface area contributed by atoms with Crippen molar-refractivity contribution in [2.24, 2.45) is 0 Å². The molecule has 0 atom stereocenters. The molecule has 0 saturated carbocycles. The SMILES string of the molecule is CC.O=[N+]([O-])c1ccc(-c2ccc(-c3ncc4ccccn34)cc2)cc1. The maximum Gasteiger partial charge on any atom is 0.269 e. The number of non-ortho nitro benzene ring substituents is 1. The van der Waals surface area contributed by atoms with Crippen molar-refractivity contribution in [2.75, 3.05) is 0 Å². The molecule has 5 heteroatoms. The zero-order chi connectivity index (χ0) is 18.5.